The molecule has 28 heavy (non-hydrogen) atoms. The lowest BCUT2D eigenvalue weighted by Crippen LogP contribution is -2.40. The van der Waals surface area contributed by atoms with Gasteiger partial charge in [-0.15, -0.1) is 0 Å². The van der Waals surface area contributed by atoms with Gasteiger partial charge >= 0.3 is 0 Å². The molecule has 0 radical (unpaired) electrons. The van der Waals surface area contributed by atoms with E-state index in [1.807, 2.05) is 0 Å². The Morgan fingerprint density at radius 3 is 2.64 bits per heavy atom. The van der Waals surface area contributed by atoms with Crippen molar-refractivity contribution >= 4 is 21.6 Å². The molecule has 0 aliphatic carbocycles. The van der Waals surface area contributed by atoms with Crippen LogP contribution in [-0.2, 0) is 14.8 Å². The van der Waals surface area contributed by atoms with E-state index < -0.39 is 21.7 Å². The molecule has 1 heterocycles. The molecule has 0 atom stereocenters. The second-order valence-electron chi connectivity index (χ2n) is 6.04. The molecule has 1 N–H and O–H groups in total. The topological polar surface area (TPSA) is 84.9 Å². The number of morpholine rings is 1. The third kappa shape index (κ3) is 4.32. The first-order valence-corrected chi connectivity index (χ1v) is 10.3. The Bertz CT molecular complexity index is 959. The molecule has 7 nitrogen and oxygen atoms in total. The molecular formula is C19H21FN2O5S. The molecule has 3 rings (SSSR count). The predicted molar refractivity (Wildman–Crippen MR) is 102 cm³/mol. The standard InChI is InChI=1S/C19H21FN2O5S/c1-2-27-18-6-4-3-5-17(18)21-19(23)15-13-14(7-8-16(15)20)28(24,25)22-9-11-26-12-10-22/h3-8,13H,2,9-12H2,1H3,(H,21,23). The molecule has 1 saturated heterocycles. The normalized spacial score (nSPS) is 15.2. The molecular weight excluding hydrogens is 387 g/mol. The lowest BCUT2D eigenvalue weighted by molar-refractivity contribution is 0.0730. The van der Waals surface area contributed by atoms with Gasteiger partial charge in [0.25, 0.3) is 5.91 Å². The van der Waals surface area contributed by atoms with Gasteiger partial charge in [0.1, 0.15) is 11.6 Å². The van der Waals surface area contributed by atoms with Crippen LogP contribution in [0.15, 0.2) is 47.4 Å². The molecule has 1 aliphatic rings. The Kier molecular flexibility index (Phi) is 6.28. The summed E-state index contributed by atoms with van der Waals surface area (Å²) in [5.41, 5.74) is 0.0100. The van der Waals surface area contributed by atoms with E-state index in [0.717, 1.165) is 18.2 Å². The number of amides is 1. The van der Waals surface area contributed by atoms with E-state index in [4.69, 9.17) is 9.47 Å². The summed E-state index contributed by atoms with van der Waals surface area (Å²) in [6, 6.07) is 9.94. The molecule has 0 unspecified atom stereocenters. The molecule has 2 aromatic rings. The number of hydrogen-bond acceptors (Lipinski definition) is 5. The van der Waals surface area contributed by atoms with Crippen LogP contribution in [-0.4, -0.2) is 51.5 Å². The van der Waals surface area contributed by atoms with Gasteiger partial charge < -0.3 is 14.8 Å². The molecule has 150 valence electrons. The lowest BCUT2D eigenvalue weighted by atomic mass is 10.2. The van der Waals surface area contributed by atoms with Gasteiger partial charge in [-0.2, -0.15) is 4.31 Å². The average molecular weight is 408 g/mol. The van der Waals surface area contributed by atoms with Gasteiger partial charge in [0.15, 0.2) is 0 Å². The van der Waals surface area contributed by atoms with Crippen molar-refractivity contribution in [1.29, 1.82) is 0 Å². The lowest BCUT2D eigenvalue weighted by Gasteiger charge is -2.26. The molecule has 0 spiro atoms. The van der Waals surface area contributed by atoms with Crippen LogP contribution in [0.2, 0.25) is 0 Å². The van der Waals surface area contributed by atoms with Crippen LogP contribution in [0.4, 0.5) is 10.1 Å². The molecule has 0 bridgehead atoms. The van der Waals surface area contributed by atoms with E-state index in [1.165, 1.54) is 4.31 Å². The van der Waals surface area contributed by atoms with E-state index >= 15 is 0 Å². The van der Waals surface area contributed by atoms with E-state index in [1.54, 1.807) is 31.2 Å². The highest BCUT2D eigenvalue weighted by Crippen LogP contribution is 2.26. The van der Waals surface area contributed by atoms with E-state index in [2.05, 4.69) is 5.32 Å². The second-order valence-corrected chi connectivity index (χ2v) is 7.98. The van der Waals surface area contributed by atoms with Crippen LogP contribution < -0.4 is 10.1 Å². The minimum atomic E-state index is -3.84. The molecule has 0 saturated carbocycles. The first kappa shape index (κ1) is 20.2. The quantitative estimate of drug-likeness (QED) is 0.794. The Balaban J connectivity index is 1.88. The zero-order chi connectivity index (χ0) is 20.1. The van der Waals surface area contributed by atoms with Gasteiger partial charge in [-0.05, 0) is 37.3 Å². The monoisotopic (exact) mass is 408 g/mol. The smallest absolute Gasteiger partial charge is 0.258 e. The Labute approximate surface area is 163 Å². The largest absolute Gasteiger partial charge is 0.492 e. The maximum Gasteiger partial charge on any atom is 0.258 e. The van der Waals surface area contributed by atoms with Gasteiger partial charge in [-0.25, -0.2) is 12.8 Å². The third-order valence-corrected chi connectivity index (χ3v) is 6.12. The highest BCUT2D eigenvalue weighted by atomic mass is 32.2. The molecule has 1 aliphatic heterocycles. The molecule has 2 aromatic carbocycles. The van der Waals surface area contributed by atoms with Crippen LogP contribution in [0, 0.1) is 5.82 Å². The zero-order valence-corrected chi connectivity index (χ0v) is 16.2. The fourth-order valence-electron chi connectivity index (χ4n) is 2.82. The van der Waals surface area contributed by atoms with Crippen molar-refractivity contribution in [2.75, 3.05) is 38.2 Å². The summed E-state index contributed by atoms with van der Waals surface area (Å²) in [4.78, 5) is 12.5. The number of carbonyl (C=O) groups excluding carboxylic acids is 1. The van der Waals surface area contributed by atoms with Gasteiger partial charge in [-0.1, -0.05) is 12.1 Å². The maximum atomic E-state index is 14.3. The van der Waals surface area contributed by atoms with Gasteiger partial charge in [0, 0.05) is 13.1 Å². The number of benzene rings is 2. The number of anilines is 1. The van der Waals surface area contributed by atoms with Crippen LogP contribution >= 0.6 is 0 Å². The van der Waals surface area contributed by atoms with Crippen LogP contribution in [0.5, 0.6) is 5.75 Å². The first-order valence-electron chi connectivity index (χ1n) is 8.84. The zero-order valence-electron chi connectivity index (χ0n) is 15.4. The second kappa shape index (κ2) is 8.68. The number of hydrogen-bond donors (Lipinski definition) is 1. The molecule has 9 heteroatoms. The molecule has 1 amide bonds. The Morgan fingerprint density at radius 2 is 1.93 bits per heavy atom. The summed E-state index contributed by atoms with van der Waals surface area (Å²) in [5, 5.41) is 2.58. The number of nitrogens with one attached hydrogen (secondary N) is 1. The van der Waals surface area contributed by atoms with E-state index in [0.29, 0.717) is 31.3 Å². The van der Waals surface area contributed by atoms with E-state index in [9.17, 15) is 17.6 Å². The van der Waals surface area contributed by atoms with Gasteiger partial charge in [-0.3, -0.25) is 4.79 Å². The molecule has 1 fully saturated rings. The summed E-state index contributed by atoms with van der Waals surface area (Å²) in [6.45, 7) is 3.21. The summed E-state index contributed by atoms with van der Waals surface area (Å²) >= 11 is 0. The van der Waals surface area contributed by atoms with Crippen molar-refractivity contribution < 1.29 is 27.1 Å². The van der Waals surface area contributed by atoms with Crippen molar-refractivity contribution in [2.24, 2.45) is 0 Å². The summed E-state index contributed by atoms with van der Waals surface area (Å²) in [6.07, 6.45) is 0. The van der Waals surface area contributed by atoms with Crippen LogP contribution in [0.25, 0.3) is 0 Å². The van der Waals surface area contributed by atoms with E-state index in [-0.39, 0.29) is 23.5 Å². The Hall–Kier alpha value is -2.49. The van der Waals surface area contributed by atoms with Crippen molar-refractivity contribution in [1.82, 2.24) is 4.31 Å². The maximum absolute atomic E-state index is 14.3. The van der Waals surface area contributed by atoms with Crippen LogP contribution in [0.3, 0.4) is 0 Å². The van der Waals surface area contributed by atoms with Gasteiger partial charge in [0.05, 0.1) is 36.0 Å². The number of para-hydroxylation sites is 2. The van der Waals surface area contributed by atoms with Gasteiger partial charge in [0.2, 0.25) is 10.0 Å². The van der Waals surface area contributed by atoms with Crippen LogP contribution in [0.1, 0.15) is 17.3 Å². The number of carbonyl (C=O) groups is 1. The predicted octanol–water partition coefficient (Wildman–Crippen LogP) is 2.50. The number of nitrogens with zero attached hydrogens (tertiary/aromatic N) is 1. The number of ether oxygens (including phenoxy) is 2. The van der Waals surface area contributed by atoms with Crippen molar-refractivity contribution in [3.8, 4) is 5.75 Å². The summed E-state index contributed by atoms with van der Waals surface area (Å²) in [5.74, 6) is -1.13. The highest BCUT2D eigenvalue weighted by molar-refractivity contribution is 7.89. The van der Waals surface area contributed by atoms with Crippen molar-refractivity contribution in [3.05, 3.63) is 53.8 Å². The number of halogens is 1. The minimum absolute atomic E-state index is 0.140. The fourth-order valence-corrected chi connectivity index (χ4v) is 4.25. The minimum Gasteiger partial charge on any atom is -0.492 e. The highest BCUT2D eigenvalue weighted by Gasteiger charge is 2.28. The van der Waals surface area contributed by atoms with Crippen molar-refractivity contribution in [3.63, 3.8) is 0 Å². The summed E-state index contributed by atoms with van der Waals surface area (Å²) < 4.78 is 51.7. The molecule has 0 aromatic heterocycles. The first-order chi connectivity index (χ1) is 13.4. The Morgan fingerprint density at radius 1 is 1.21 bits per heavy atom. The third-order valence-electron chi connectivity index (χ3n) is 4.23. The summed E-state index contributed by atoms with van der Waals surface area (Å²) in [7, 11) is -3.84. The average Bonchev–Trinajstić information content (AvgIpc) is 2.70. The fraction of sp³-hybridized carbons (Fsp3) is 0.316. The number of sulfonamides is 1. The number of rotatable bonds is 6. The van der Waals surface area contributed by atoms with Crippen molar-refractivity contribution in [2.45, 2.75) is 11.8 Å². The SMILES string of the molecule is CCOc1ccccc1NC(=O)c1cc(S(=O)(=O)N2CCOCC2)ccc1F.